The Morgan fingerprint density at radius 1 is 1.00 bits per heavy atom. The van der Waals surface area contributed by atoms with Crippen LogP contribution >= 0.6 is 11.6 Å². The number of anilines is 1. The normalized spacial score (nSPS) is 11.9. The molecule has 2 aromatic rings. The molecule has 0 aromatic heterocycles. The molecule has 0 heterocycles. The number of halogens is 1. The van der Waals surface area contributed by atoms with Crippen molar-refractivity contribution in [1.29, 1.82) is 0 Å². The lowest BCUT2D eigenvalue weighted by atomic mass is 10.2. The van der Waals surface area contributed by atoms with Crippen molar-refractivity contribution in [2.45, 2.75) is 33.0 Å². The van der Waals surface area contributed by atoms with Gasteiger partial charge < -0.3 is 14.8 Å². The van der Waals surface area contributed by atoms with Crippen molar-refractivity contribution in [3.8, 4) is 11.5 Å². The molecule has 2 aromatic carbocycles. The second kappa shape index (κ2) is 7.88. The molecule has 0 aliphatic rings. The Morgan fingerprint density at radius 2 is 1.70 bits per heavy atom. The van der Waals surface area contributed by atoms with Crippen LogP contribution in [0, 0.1) is 0 Å². The zero-order valence-electron chi connectivity index (χ0n) is 13.4. The van der Waals surface area contributed by atoms with Crippen LogP contribution in [-0.4, -0.2) is 18.1 Å². The minimum atomic E-state index is -0.633. The van der Waals surface area contributed by atoms with E-state index in [-0.39, 0.29) is 12.0 Å². The third-order valence-electron chi connectivity index (χ3n) is 2.97. The van der Waals surface area contributed by atoms with E-state index in [0.29, 0.717) is 22.2 Å². The first-order valence-electron chi connectivity index (χ1n) is 7.44. The second-order valence-electron chi connectivity index (χ2n) is 5.40. The van der Waals surface area contributed by atoms with Crippen LogP contribution < -0.4 is 14.8 Å². The summed E-state index contributed by atoms with van der Waals surface area (Å²) < 4.78 is 11.2. The van der Waals surface area contributed by atoms with Crippen molar-refractivity contribution in [1.82, 2.24) is 0 Å². The molecule has 0 aliphatic heterocycles. The molecule has 0 bridgehead atoms. The highest BCUT2D eigenvalue weighted by atomic mass is 35.5. The van der Waals surface area contributed by atoms with Gasteiger partial charge in [-0.25, -0.2) is 0 Å². The predicted octanol–water partition coefficient (Wildman–Crippen LogP) is 4.53. The van der Waals surface area contributed by atoms with Crippen molar-refractivity contribution in [2.24, 2.45) is 0 Å². The lowest BCUT2D eigenvalue weighted by Gasteiger charge is -2.16. The summed E-state index contributed by atoms with van der Waals surface area (Å²) in [6.45, 7) is 5.60. The smallest absolute Gasteiger partial charge is 0.265 e. The molecule has 1 N–H and O–H groups in total. The summed E-state index contributed by atoms with van der Waals surface area (Å²) in [4.78, 5) is 12.2. The van der Waals surface area contributed by atoms with Crippen molar-refractivity contribution < 1.29 is 14.3 Å². The molecule has 0 spiro atoms. The Morgan fingerprint density at radius 3 is 2.35 bits per heavy atom. The predicted molar refractivity (Wildman–Crippen MR) is 92.4 cm³/mol. The van der Waals surface area contributed by atoms with E-state index in [4.69, 9.17) is 21.1 Å². The molecule has 23 heavy (non-hydrogen) atoms. The lowest BCUT2D eigenvalue weighted by molar-refractivity contribution is -0.122. The zero-order valence-corrected chi connectivity index (χ0v) is 14.1. The van der Waals surface area contributed by atoms with Crippen LogP contribution in [0.5, 0.6) is 11.5 Å². The minimum absolute atomic E-state index is 0.0770. The maximum Gasteiger partial charge on any atom is 0.265 e. The summed E-state index contributed by atoms with van der Waals surface area (Å²) in [5.41, 5.74) is 0.666. The van der Waals surface area contributed by atoms with Crippen LogP contribution in [0.2, 0.25) is 5.02 Å². The summed E-state index contributed by atoms with van der Waals surface area (Å²) in [5, 5.41) is 3.44. The Labute approximate surface area is 141 Å². The van der Waals surface area contributed by atoms with Crippen LogP contribution in [0.15, 0.2) is 48.5 Å². The molecule has 0 aliphatic carbocycles. The quantitative estimate of drug-likeness (QED) is 0.844. The van der Waals surface area contributed by atoms with Gasteiger partial charge in [0.1, 0.15) is 11.5 Å². The van der Waals surface area contributed by atoms with Gasteiger partial charge >= 0.3 is 0 Å². The molecule has 0 fully saturated rings. The SMILES string of the molecule is CC(C)Oc1cccc(NC(=O)[C@@H](C)Oc2ccc(Cl)cc2)c1. The molecule has 1 amide bonds. The van der Waals surface area contributed by atoms with Gasteiger partial charge in [0.05, 0.1) is 6.10 Å². The second-order valence-corrected chi connectivity index (χ2v) is 5.83. The summed E-state index contributed by atoms with van der Waals surface area (Å²) in [6.07, 6.45) is -0.557. The van der Waals surface area contributed by atoms with Gasteiger partial charge in [-0.2, -0.15) is 0 Å². The van der Waals surface area contributed by atoms with Crippen LogP contribution in [0.1, 0.15) is 20.8 Å². The summed E-state index contributed by atoms with van der Waals surface area (Å²) >= 11 is 5.82. The highest BCUT2D eigenvalue weighted by Gasteiger charge is 2.15. The first-order chi connectivity index (χ1) is 10.9. The van der Waals surface area contributed by atoms with E-state index >= 15 is 0 Å². The molecule has 0 saturated carbocycles. The summed E-state index contributed by atoms with van der Waals surface area (Å²) in [5.74, 6) is 1.07. The number of ether oxygens (including phenoxy) is 2. The Bertz CT molecular complexity index is 656. The number of carbonyl (C=O) groups is 1. The lowest BCUT2D eigenvalue weighted by Crippen LogP contribution is -2.30. The third kappa shape index (κ3) is 5.49. The van der Waals surface area contributed by atoms with Crippen molar-refractivity contribution in [3.05, 3.63) is 53.6 Å². The van der Waals surface area contributed by atoms with E-state index in [1.807, 2.05) is 26.0 Å². The molecule has 0 saturated heterocycles. The number of hydrogen-bond acceptors (Lipinski definition) is 3. The molecular weight excluding hydrogens is 314 g/mol. The maximum absolute atomic E-state index is 12.2. The van der Waals surface area contributed by atoms with Gasteiger partial charge in [0.2, 0.25) is 0 Å². The minimum Gasteiger partial charge on any atom is -0.491 e. The monoisotopic (exact) mass is 333 g/mol. The molecule has 1 atom stereocenters. The molecule has 0 unspecified atom stereocenters. The summed E-state index contributed by atoms with van der Waals surface area (Å²) in [7, 11) is 0. The van der Waals surface area contributed by atoms with Crippen molar-refractivity contribution in [3.63, 3.8) is 0 Å². The summed E-state index contributed by atoms with van der Waals surface area (Å²) in [6, 6.07) is 14.2. The number of amides is 1. The fourth-order valence-corrected chi connectivity index (χ4v) is 2.06. The first-order valence-corrected chi connectivity index (χ1v) is 7.81. The van der Waals surface area contributed by atoms with Crippen LogP contribution in [0.3, 0.4) is 0 Å². The van der Waals surface area contributed by atoms with E-state index in [2.05, 4.69) is 5.32 Å². The molecule has 122 valence electrons. The number of hydrogen-bond donors (Lipinski definition) is 1. The molecule has 2 rings (SSSR count). The van der Waals surface area contributed by atoms with Crippen LogP contribution in [0.4, 0.5) is 5.69 Å². The van der Waals surface area contributed by atoms with Crippen LogP contribution in [0.25, 0.3) is 0 Å². The van der Waals surface area contributed by atoms with Gasteiger partial charge in [-0.1, -0.05) is 17.7 Å². The van der Waals surface area contributed by atoms with E-state index in [0.717, 1.165) is 0 Å². The van der Waals surface area contributed by atoms with E-state index in [1.54, 1.807) is 43.3 Å². The maximum atomic E-state index is 12.2. The Kier molecular flexibility index (Phi) is 5.88. The van der Waals surface area contributed by atoms with Crippen LogP contribution in [-0.2, 0) is 4.79 Å². The molecular formula is C18H20ClNO3. The zero-order chi connectivity index (χ0) is 16.8. The number of rotatable bonds is 6. The average Bonchev–Trinajstić information content (AvgIpc) is 2.49. The van der Waals surface area contributed by atoms with E-state index in [9.17, 15) is 4.79 Å². The largest absolute Gasteiger partial charge is 0.491 e. The third-order valence-corrected chi connectivity index (χ3v) is 3.22. The Hall–Kier alpha value is -2.20. The van der Waals surface area contributed by atoms with E-state index < -0.39 is 6.10 Å². The molecule has 5 heteroatoms. The highest BCUT2D eigenvalue weighted by molar-refractivity contribution is 6.30. The fraction of sp³-hybridized carbons (Fsp3) is 0.278. The number of nitrogens with one attached hydrogen (secondary N) is 1. The fourth-order valence-electron chi connectivity index (χ4n) is 1.93. The van der Waals surface area contributed by atoms with Crippen molar-refractivity contribution >= 4 is 23.2 Å². The first kappa shape index (κ1) is 17.2. The standard InChI is InChI=1S/C18H20ClNO3/c1-12(2)22-17-6-4-5-15(11-17)20-18(21)13(3)23-16-9-7-14(19)8-10-16/h4-13H,1-3H3,(H,20,21)/t13-/m1/s1. The molecule has 4 nitrogen and oxygen atoms in total. The van der Waals surface area contributed by atoms with Gasteiger partial charge in [-0.15, -0.1) is 0 Å². The van der Waals surface area contributed by atoms with Gasteiger partial charge in [-0.05, 0) is 57.2 Å². The average molecular weight is 334 g/mol. The topological polar surface area (TPSA) is 47.6 Å². The van der Waals surface area contributed by atoms with Crippen molar-refractivity contribution in [2.75, 3.05) is 5.32 Å². The van der Waals surface area contributed by atoms with Gasteiger partial charge in [-0.3, -0.25) is 4.79 Å². The number of benzene rings is 2. The number of carbonyl (C=O) groups excluding carboxylic acids is 1. The molecule has 0 radical (unpaired) electrons. The highest BCUT2D eigenvalue weighted by Crippen LogP contribution is 2.20. The van der Waals surface area contributed by atoms with Gasteiger partial charge in [0, 0.05) is 16.8 Å². The van der Waals surface area contributed by atoms with Gasteiger partial charge in [0.15, 0.2) is 6.10 Å². The Balaban J connectivity index is 1.96. The van der Waals surface area contributed by atoms with E-state index in [1.165, 1.54) is 0 Å². The van der Waals surface area contributed by atoms with Gasteiger partial charge in [0.25, 0.3) is 5.91 Å².